The summed E-state index contributed by atoms with van der Waals surface area (Å²) in [5.41, 5.74) is -0.108. The van der Waals surface area contributed by atoms with Gasteiger partial charge < -0.3 is 5.11 Å². The molecule has 116 valence electrons. The molecule has 0 heterocycles. The molecule has 0 aromatic heterocycles. The molecule has 0 radical (unpaired) electrons. The van der Waals surface area contributed by atoms with Gasteiger partial charge in [-0.25, -0.2) is 4.39 Å². The number of hydrogen-bond acceptors (Lipinski definition) is 1. The van der Waals surface area contributed by atoms with E-state index in [1.165, 1.54) is 31.2 Å². The molecule has 0 aliphatic heterocycles. The first kappa shape index (κ1) is 16.0. The third-order valence-electron chi connectivity index (χ3n) is 3.39. The highest BCUT2D eigenvalue weighted by Crippen LogP contribution is 2.32. The second-order valence-corrected chi connectivity index (χ2v) is 4.87. The van der Waals surface area contributed by atoms with Gasteiger partial charge in [-0.1, -0.05) is 24.3 Å². The van der Waals surface area contributed by atoms with Crippen LogP contribution in [0.3, 0.4) is 0 Å². The van der Waals surface area contributed by atoms with E-state index >= 15 is 0 Å². The number of halogens is 4. The third-order valence-corrected chi connectivity index (χ3v) is 3.39. The number of rotatable bonds is 3. The van der Waals surface area contributed by atoms with Crippen LogP contribution in [0.2, 0.25) is 0 Å². The van der Waals surface area contributed by atoms with Gasteiger partial charge in [0.05, 0.1) is 11.5 Å². The zero-order valence-electron chi connectivity index (χ0n) is 11.5. The lowest BCUT2D eigenvalue weighted by Gasteiger charge is -2.11. The molecule has 0 spiro atoms. The van der Waals surface area contributed by atoms with Gasteiger partial charge in [-0.05, 0) is 36.2 Å². The number of carboxylic acids is 1. The maximum Gasteiger partial charge on any atom is 0.416 e. The molecule has 1 N–H and O–H groups in total. The zero-order valence-corrected chi connectivity index (χ0v) is 11.5. The number of alkyl halides is 3. The minimum atomic E-state index is -4.45. The van der Waals surface area contributed by atoms with Gasteiger partial charge >= 0.3 is 12.1 Å². The highest BCUT2D eigenvalue weighted by atomic mass is 19.4. The Morgan fingerprint density at radius 1 is 1.09 bits per heavy atom. The van der Waals surface area contributed by atoms with Crippen molar-refractivity contribution in [1.82, 2.24) is 0 Å². The summed E-state index contributed by atoms with van der Waals surface area (Å²) in [5, 5.41) is 8.89. The molecule has 0 bridgehead atoms. The van der Waals surface area contributed by atoms with Crippen LogP contribution in [0.15, 0.2) is 42.5 Å². The van der Waals surface area contributed by atoms with Crippen molar-refractivity contribution < 1.29 is 27.5 Å². The molecule has 22 heavy (non-hydrogen) atoms. The zero-order chi connectivity index (χ0) is 16.5. The number of aliphatic carboxylic acids is 1. The molecule has 0 saturated carbocycles. The summed E-state index contributed by atoms with van der Waals surface area (Å²) in [6.45, 7) is 1.43. The van der Waals surface area contributed by atoms with Gasteiger partial charge in [0, 0.05) is 5.56 Å². The van der Waals surface area contributed by atoms with Gasteiger partial charge in [0.15, 0.2) is 0 Å². The second kappa shape index (κ2) is 5.79. The highest BCUT2D eigenvalue weighted by molar-refractivity contribution is 5.76. The van der Waals surface area contributed by atoms with Crippen LogP contribution in [-0.2, 0) is 11.0 Å². The lowest BCUT2D eigenvalue weighted by Crippen LogP contribution is -2.07. The quantitative estimate of drug-likeness (QED) is 0.834. The van der Waals surface area contributed by atoms with E-state index in [4.69, 9.17) is 5.11 Å². The van der Waals surface area contributed by atoms with E-state index in [1.54, 1.807) is 0 Å². The summed E-state index contributed by atoms with van der Waals surface area (Å²) in [6.07, 6.45) is -4.45. The Balaban J connectivity index is 2.36. The van der Waals surface area contributed by atoms with Crippen molar-refractivity contribution in [2.75, 3.05) is 0 Å². The average molecular weight is 312 g/mol. The summed E-state index contributed by atoms with van der Waals surface area (Å²) in [6, 6.07) is 8.03. The topological polar surface area (TPSA) is 37.3 Å². The summed E-state index contributed by atoms with van der Waals surface area (Å²) in [4.78, 5) is 10.9. The van der Waals surface area contributed by atoms with E-state index in [2.05, 4.69) is 0 Å². The molecule has 6 heteroatoms. The van der Waals surface area contributed by atoms with Gasteiger partial charge in [-0.2, -0.15) is 13.2 Å². The van der Waals surface area contributed by atoms with Gasteiger partial charge in [-0.15, -0.1) is 0 Å². The minimum Gasteiger partial charge on any atom is -0.481 e. The lowest BCUT2D eigenvalue weighted by molar-refractivity contribution is -0.138. The van der Waals surface area contributed by atoms with Crippen LogP contribution in [0.4, 0.5) is 17.6 Å². The third kappa shape index (κ3) is 3.27. The Morgan fingerprint density at radius 3 is 2.14 bits per heavy atom. The smallest absolute Gasteiger partial charge is 0.416 e. The van der Waals surface area contributed by atoms with E-state index in [-0.39, 0.29) is 5.56 Å². The fraction of sp³-hybridized carbons (Fsp3) is 0.188. The van der Waals surface area contributed by atoms with E-state index in [0.717, 1.165) is 18.2 Å². The Labute approximate surface area is 124 Å². The molecule has 2 rings (SSSR count). The molecule has 0 amide bonds. The van der Waals surface area contributed by atoms with Crippen LogP contribution in [0, 0.1) is 5.82 Å². The summed E-state index contributed by atoms with van der Waals surface area (Å²) in [5.74, 6) is -2.62. The maximum absolute atomic E-state index is 14.1. The molecule has 0 aliphatic carbocycles. The van der Waals surface area contributed by atoms with Crippen molar-refractivity contribution in [1.29, 1.82) is 0 Å². The lowest BCUT2D eigenvalue weighted by atomic mass is 9.96. The van der Waals surface area contributed by atoms with Crippen LogP contribution in [0.25, 0.3) is 11.1 Å². The van der Waals surface area contributed by atoms with Crippen molar-refractivity contribution in [3.8, 4) is 11.1 Å². The van der Waals surface area contributed by atoms with E-state index in [0.29, 0.717) is 11.1 Å². The number of carboxylic acid groups (broad SMARTS) is 1. The molecule has 0 fully saturated rings. The molecular weight excluding hydrogens is 300 g/mol. The summed E-state index contributed by atoms with van der Waals surface area (Å²) >= 11 is 0. The Kier molecular flexibility index (Phi) is 4.21. The van der Waals surface area contributed by atoms with Crippen LogP contribution in [0.1, 0.15) is 24.0 Å². The van der Waals surface area contributed by atoms with Gasteiger partial charge in [-0.3, -0.25) is 4.79 Å². The Morgan fingerprint density at radius 2 is 1.68 bits per heavy atom. The molecular formula is C16H12F4O2. The number of carbonyl (C=O) groups is 1. The fourth-order valence-corrected chi connectivity index (χ4v) is 2.02. The van der Waals surface area contributed by atoms with Crippen LogP contribution in [-0.4, -0.2) is 11.1 Å². The standard InChI is InChI=1S/C16H12F4O2/c1-9(15(21)22)11-4-7-13(14(17)8-11)10-2-5-12(6-3-10)16(18,19)20/h2-9H,1H3,(H,21,22). The first-order chi connectivity index (χ1) is 10.2. The first-order valence-electron chi connectivity index (χ1n) is 6.40. The fourth-order valence-electron chi connectivity index (χ4n) is 2.02. The van der Waals surface area contributed by atoms with E-state index < -0.39 is 29.4 Å². The van der Waals surface area contributed by atoms with Crippen LogP contribution >= 0.6 is 0 Å². The number of hydrogen-bond donors (Lipinski definition) is 1. The van der Waals surface area contributed by atoms with Gasteiger partial charge in [0.1, 0.15) is 5.82 Å². The SMILES string of the molecule is CC(C(=O)O)c1ccc(-c2ccc(C(F)(F)F)cc2)c(F)c1. The van der Waals surface area contributed by atoms with Crippen molar-refractivity contribution in [2.24, 2.45) is 0 Å². The van der Waals surface area contributed by atoms with Crippen molar-refractivity contribution in [2.45, 2.75) is 19.0 Å². The molecule has 2 nitrogen and oxygen atoms in total. The first-order valence-corrected chi connectivity index (χ1v) is 6.40. The Bertz CT molecular complexity index is 690. The summed E-state index contributed by atoms with van der Waals surface area (Å²) in [7, 11) is 0. The van der Waals surface area contributed by atoms with Gasteiger partial charge in [0.2, 0.25) is 0 Å². The van der Waals surface area contributed by atoms with Crippen LogP contribution in [0.5, 0.6) is 0 Å². The molecule has 2 aromatic rings. The highest BCUT2D eigenvalue weighted by Gasteiger charge is 2.30. The minimum absolute atomic E-state index is 0.120. The maximum atomic E-state index is 14.1. The van der Waals surface area contributed by atoms with Gasteiger partial charge in [0.25, 0.3) is 0 Å². The molecule has 2 aromatic carbocycles. The summed E-state index contributed by atoms with van der Waals surface area (Å²) < 4.78 is 51.5. The van der Waals surface area contributed by atoms with Crippen molar-refractivity contribution in [3.05, 3.63) is 59.4 Å². The van der Waals surface area contributed by atoms with Crippen molar-refractivity contribution >= 4 is 5.97 Å². The predicted molar refractivity (Wildman–Crippen MR) is 72.9 cm³/mol. The molecule has 1 unspecified atom stereocenters. The predicted octanol–water partition coefficient (Wildman–Crippen LogP) is 4.70. The van der Waals surface area contributed by atoms with Crippen molar-refractivity contribution in [3.63, 3.8) is 0 Å². The monoisotopic (exact) mass is 312 g/mol. The van der Waals surface area contributed by atoms with Crippen LogP contribution < -0.4 is 0 Å². The Hall–Kier alpha value is -2.37. The number of benzene rings is 2. The normalized spacial score (nSPS) is 13.0. The van der Waals surface area contributed by atoms with E-state index in [1.807, 2.05) is 0 Å². The molecule has 0 saturated heterocycles. The second-order valence-electron chi connectivity index (χ2n) is 4.87. The molecule has 1 atom stereocenters. The molecule has 0 aliphatic rings. The van der Waals surface area contributed by atoms with E-state index in [9.17, 15) is 22.4 Å². The average Bonchev–Trinajstić information content (AvgIpc) is 2.45. The largest absolute Gasteiger partial charge is 0.481 e.